The standard InChI is InChI=1S/C26H30N6O/c1-16(2)32-17(3)25(33)31(4)23-11-10-18(15-24(23)32)29-26-28-14-12-22(30-26)20-7-5-9-21-19(20)8-6-13-27-21/h5,7,9-12,14-17,27H,6,8,13H2,1-4H3,(H,28,29,30)/t17-/m1/s1. The Labute approximate surface area is 194 Å². The number of aromatic nitrogens is 2. The first-order chi connectivity index (χ1) is 15.9. The van der Waals surface area contributed by atoms with Gasteiger partial charge in [-0.2, -0.15) is 0 Å². The van der Waals surface area contributed by atoms with Crippen molar-refractivity contribution in [2.75, 3.05) is 34.0 Å². The average molecular weight is 443 g/mol. The lowest BCUT2D eigenvalue weighted by atomic mass is 9.96. The first-order valence-corrected chi connectivity index (χ1v) is 11.6. The van der Waals surface area contributed by atoms with E-state index in [0.717, 1.165) is 47.7 Å². The molecule has 2 aliphatic heterocycles. The van der Waals surface area contributed by atoms with Crippen LogP contribution in [0.3, 0.4) is 0 Å². The van der Waals surface area contributed by atoms with E-state index >= 15 is 0 Å². The minimum atomic E-state index is -0.213. The third-order valence-electron chi connectivity index (χ3n) is 6.56. The molecule has 7 heteroatoms. The number of hydrogen-bond acceptors (Lipinski definition) is 6. The summed E-state index contributed by atoms with van der Waals surface area (Å²) in [6.07, 6.45) is 3.97. The molecule has 0 aliphatic carbocycles. The number of carbonyl (C=O) groups is 1. The Hall–Kier alpha value is -3.61. The summed E-state index contributed by atoms with van der Waals surface area (Å²) >= 11 is 0. The number of benzene rings is 2. The highest BCUT2D eigenvalue weighted by atomic mass is 16.2. The predicted octanol–water partition coefficient (Wildman–Crippen LogP) is 4.83. The van der Waals surface area contributed by atoms with Gasteiger partial charge < -0.3 is 20.4 Å². The smallest absolute Gasteiger partial charge is 0.249 e. The molecule has 33 heavy (non-hydrogen) atoms. The number of likely N-dealkylation sites (N-methyl/N-ethyl adjacent to an activating group) is 1. The van der Waals surface area contributed by atoms with Crippen molar-refractivity contribution in [2.24, 2.45) is 0 Å². The Morgan fingerprint density at radius 2 is 2.00 bits per heavy atom. The van der Waals surface area contributed by atoms with Crippen LogP contribution >= 0.6 is 0 Å². The summed E-state index contributed by atoms with van der Waals surface area (Å²) in [6, 6.07) is 14.3. The van der Waals surface area contributed by atoms with Crippen LogP contribution in [0, 0.1) is 0 Å². The summed E-state index contributed by atoms with van der Waals surface area (Å²) in [5.74, 6) is 0.659. The molecule has 0 saturated carbocycles. The third kappa shape index (κ3) is 3.77. The molecule has 0 unspecified atom stereocenters. The number of amides is 1. The lowest BCUT2D eigenvalue weighted by Crippen LogP contribution is -2.53. The van der Waals surface area contributed by atoms with Gasteiger partial charge in [0, 0.05) is 42.8 Å². The van der Waals surface area contributed by atoms with Gasteiger partial charge in [-0.25, -0.2) is 9.97 Å². The SMILES string of the molecule is CC(C)N1c2cc(Nc3nccc(-c4cccc5c4CCCN5)n3)ccc2N(C)C(=O)[C@H]1C. The maximum Gasteiger partial charge on any atom is 0.249 e. The maximum absolute atomic E-state index is 12.7. The number of carbonyl (C=O) groups excluding carboxylic acids is 1. The largest absolute Gasteiger partial charge is 0.385 e. The van der Waals surface area contributed by atoms with E-state index in [9.17, 15) is 4.79 Å². The average Bonchev–Trinajstić information content (AvgIpc) is 2.82. The minimum absolute atomic E-state index is 0.105. The van der Waals surface area contributed by atoms with E-state index in [2.05, 4.69) is 58.6 Å². The van der Waals surface area contributed by atoms with Crippen LogP contribution in [-0.4, -0.2) is 41.6 Å². The van der Waals surface area contributed by atoms with Crippen molar-refractivity contribution in [3.8, 4) is 11.3 Å². The van der Waals surface area contributed by atoms with Crippen molar-refractivity contribution in [3.63, 3.8) is 0 Å². The summed E-state index contributed by atoms with van der Waals surface area (Å²) in [5.41, 5.74) is 7.41. The van der Waals surface area contributed by atoms with Gasteiger partial charge in [-0.3, -0.25) is 4.79 Å². The zero-order valence-electron chi connectivity index (χ0n) is 19.6. The molecule has 3 aromatic rings. The molecule has 1 amide bonds. The predicted molar refractivity (Wildman–Crippen MR) is 134 cm³/mol. The number of nitrogens with zero attached hydrogens (tertiary/aromatic N) is 4. The Bertz CT molecular complexity index is 1210. The second kappa shape index (κ2) is 8.39. The quantitative estimate of drug-likeness (QED) is 0.603. The fraction of sp³-hybridized carbons (Fsp3) is 0.346. The molecule has 0 radical (unpaired) electrons. The topological polar surface area (TPSA) is 73.4 Å². The van der Waals surface area contributed by atoms with Crippen molar-refractivity contribution in [2.45, 2.75) is 45.7 Å². The molecule has 2 N–H and O–H groups in total. The Kier molecular flexibility index (Phi) is 5.40. The molecule has 2 aromatic carbocycles. The first kappa shape index (κ1) is 21.2. The third-order valence-corrected chi connectivity index (χ3v) is 6.56. The first-order valence-electron chi connectivity index (χ1n) is 11.6. The van der Waals surface area contributed by atoms with E-state index in [1.165, 1.54) is 11.3 Å². The molecule has 170 valence electrons. The van der Waals surface area contributed by atoms with Crippen LogP contribution in [0.15, 0.2) is 48.7 Å². The fourth-order valence-electron chi connectivity index (χ4n) is 4.99. The molecule has 3 heterocycles. The van der Waals surface area contributed by atoms with Crippen LogP contribution in [0.2, 0.25) is 0 Å². The zero-order valence-corrected chi connectivity index (χ0v) is 19.6. The highest BCUT2D eigenvalue weighted by Crippen LogP contribution is 2.39. The molecule has 1 aromatic heterocycles. The van der Waals surface area contributed by atoms with Crippen LogP contribution in [0.1, 0.15) is 32.8 Å². The number of anilines is 5. The van der Waals surface area contributed by atoms with Gasteiger partial charge in [0.1, 0.15) is 6.04 Å². The van der Waals surface area contributed by atoms with Gasteiger partial charge in [0.05, 0.1) is 17.1 Å². The van der Waals surface area contributed by atoms with E-state index < -0.39 is 0 Å². The fourth-order valence-corrected chi connectivity index (χ4v) is 4.99. The summed E-state index contributed by atoms with van der Waals surface area (Å²) in [4.78, 5) is 25.9. The van der Waals surface area contributed by atoms with Crippen LogP contribution < -0.4 is 20.4 Å². The van der Waals surface area contributed by atoms with Crippen molar-refractivity contribution in [3.05, 3.63) is 54.2 Å². The summed E-state index contributed by atoms with van der Waals surface area (Å²) in [6.45, 7) is 7.20. The van der Waals surface area contributed by atoms with Crippen LogP contribution in [0.5, 0.6) is 0 Å². The van der Waals surface area contributed by atoms with Crippen LogP contribution in [0.25, 0.3) is 11.3 Å². The Morgan fingerprint density at radius 3 is 2.82 bits per heavy atom. The van der Waals surface area contributed by atoms with Gasteiger partial charge in [-0.1, -0.05) is 12.1 Å². The van der Waals surface area contributed by atoms with E-state index in [1.807, 2.05) is 32.2 Å². The monoisotopic (exact) mass is 442 g/mol. The van der Waals surface area contributed by atoms with Gasteiger partial charge in [-0.15, -0.1) is 0 Å². The highest BCUT2D eigenvalue weighted by Gasteiger charge is 2.35. The number of hydrogen-bond donors (Lipinski definition) is 2. The van der Waals surface area contributed by atoms with Crippen molar-refractivity contribution < 1.29 is 4.79 Å². The maximum atomic E-state index is 12.7. The summed E-state index contributed by atoms with van der Waals surface area (Å²) < 4.78 is 0. The minimum Gasteiger partial charge on any atom is -0.385 e. The van der Waals surface area contributed by atoms with Gasteiger partial charge in [0.2, 0.25) is 11.9 Å². The summed E-state index contributed by atoms with van der Waals surface area (Å²) in [7, 11) is 1.84. The van der Waals surface area contributed by atoms with E-state index in [4.69, 9.17) is 4.98 Å². The van der Waals surface area contributed by atoms with Crippen molar-refractivity contribution >= 4 is 34.6 Å². The lowest BCUT2D eigenvalue weighted by Gasteiger charge is -2.42. The number of rotatable bonds is 4. The molecule has 0 fully saturated rings. The second-order valence-corrected chi connectivity index (χ2v) is 9.03. The second-order valence-electron chi connectivity index (χ2n) is 9.03. The Morgan fingerprint density at radius 1 is 1.15 bits per heavy atom. The molecular formula is C26H30N6O. The molecule has 0 bridgehead atoms. The lowest BCUT2D eigenvalue weighted by molar-refractivity contribution is -0.119. The van der Waals surface area contributed by atoms with Crippen molar-refractivity contribution in [1.82, 2.24) is 9.97 Å². The van der Waals surface area contributed by atoms with Gasteiger partial charge in [-0.05, 0) is 69.5 Å². The zero-order chi connectivity index (χ0) is 23.1. The van der Waals surface area contributed by atoms with Crippen molar-refractivity contribution in [1.29, 1.82) is 0 Å². The van der Waals surface area contributed by atoms with E-state index in [0.29, 0.717) is 5.95 Å². The highest BCUT2D eigenvalue weighted by molar-refractivity contribution is 6.05. The number of nitrogens with one attached hydrogen (secondary N) is 2. The van der Waals surface area contributed by atoms with Crippen LogP contribution in [0.4, 0.5) is 28.7 Å². The summed E-state index contributed by atoms with van der Waals surface area (Å²) in [5, 5.41) is 6.86. The molecule has 7 nitrogen and oxygen atoms in total. The van der Waals surface area contributed by atoms with Crippen LogP contribution in [-0.2, 0) is 11.2 Å². The molecule has 0 saturated heterocycles. The molecule has 2 aliphatic rings. The molecule has 0 spiro atoms. The molecular weight excluding hydrogens is 412 g/mol. The Balaban J connectivity index is 1.48. The van der Waals surface area contributed by atoms with Gasteiger partial charge in [0.15, 0.2) is 0 Å². The van der Waals surface area contributed by atoms with E-state index in [1.54, 1.807) is 11.1 Å². The molecule has 5 rings (SSSR count). The van der Waals surface area contributed by atoms with Gasteiger partial charge >= 0.3 is 0 Å². The normalized spacial score (nSPS) is 17.5. The number of fused-ring (bicyclic) bond motifs is 2. The molecule has 1 atom stereocenters. The van der Waals surface area contributed by atoms with Gasteiger partial charge in [0.25, 0.3) is 0 Å². The van der Waals surface area contributed by atoms with E-state index in [-0.39, 0.29) is 18.0 Å².